The van der Waals surface area contributed by atoms with E-state index in [0.717, 1.165) is 12.1 Å². The second-order valence-electron chi connectivity index (χ2n) is 3.97. The summed E-state index contributed by atoms with van der Waals surface area (Å²) in [6, 6.07) is 3.15. The van der Waals surface area contributed by atoms with Crippen LogP contribution in [0, 0.1) is 0 Å². The molecule has 1 aromatic carbocycles. The minimum Gasteiger partial charge on any atom is -0.488 e. The number of halogens is 3. The number of hydrogen-bond acceptors (Lipinski definition) is 3. The highest BCUT2D eigenvalue weighted by Crippen LogP contribution is 2.34. The predicted molar refractivity (Wildman–Crippen MR) is 57.2 cm³/mol. The standard InChI is InChI=1S/C11H11F3N2O2/c12-11(13,14)9-3-6(18-7-4-16-5-7)1-2-8(9)10(15)17/h1-3,7,16H,4-5H2,(H2,15,17). The normalized spacial score (nSPS) is 16.2. The summed E-state index contributed by atoms with van der Waals surface area (Å²) >= 11 is 0. The Morgan fingerprint density at radius 3 is 2.50 bits per heavy atom. The lowest BCUT2D eigenvalue weighted by Crippen LogP contribution is -2.50. The van der Waals surface area contributed by atoms with Crippen LogP contribution in [0.1, 0.15) is 15.9 Å². The van der Waals surface area contributed by atoms with Crippen LogP contribution in [0.2, 0.25) is 0 Å². The summed E-state index contributed by atoms with van der Waals surface area (Å²) in [5, 5.41) is 2.93. The zero-order chi connectivity index (χ0) is 13.3. The molecule has 0 atom stereocenters. The van der Waals surface area contributed by atoms with Crippen LogP contribution in [0.3, 0.4) is 0 Å². The molecule has 0 aromatic heterocycles. The fraction of sp³-hybridized carbons (Fsp3) is 0.364. The second-order valence-corrected chi connectivity index (χ2v) is 3.97. The second kappa shape index (κ2) is 4.49. The SMILES string of the molecule is NC(=O)c1ccc(OC2CNC2)cc1C(F)(F)F. The third-order valence-electron chi connectivity index (χ3n) is 2.61. The van der Waals surface area contributed by atoms with Crippen LogP contribution in [0.4, 0.5) is 13.2 Å². The highest BCUT2D eigenvalue weighted by Gasteiger charge is 2.35. The van der Waals surface area contributed by atoms with E-state index in [0.29, 0.717) is 13.1 Å². The van der Waals surface area contributed by atoms with E-state index < -0.39 is 23.2 Å². The van der Waals surface area contributed by atoms with Gasteiger partial charge in [0.2, 0.25) is 5.91 Å². The van der Waals surface area contributed by atoms with Gasteiger partial charge in [-0.15, -0.1) is 0 Å². The molecule has 0 spiro atoms. The van der Waals surface area contributed by atoms with E-state index in [9.17, 15) is 18.0 Å². The van der Waals surface area contributed by atoms with Crippen LogP contribution < -0.4 is 15.8 Å². The average molecular weight is 260 g/mol. The number of carbonyl (C=O) groups is 1. The van der Waals surface area contributed by atoms with Crippen molar-refractivity contribution in [2.75, 3.05) is 13.1 Å². The summed E-state index contributed by atoms with van der Waals surface area (Å²) in [4.78, 5) is 10.9. The minimum atomic E-state index is -4.64. The van der Waals surface area contributed by atoms with E-state index >= 15 is 0 Å². The molecule has 0 aliphatic carbocycles. The van der Waals surface area contributed by atoms with Gasteiger partial charge >= 0.3 is 6.18 Å². The van der Waals surface area contributed by atoms with Crippen LogP contribution in [0.15, 0.2) is 18.2 Å². The molecule has 2 rings (SSSR count). The molecule has 7 heteroatoms. The lowest BCUT2D eigenvalue weighted by atomic mass is 10.1. The molecule has 1 amide bonds. The molecule has 1 saturated heterocycles. The van der Waals surface area contributed by atoms with Crippen molar-refractivity contribution in [2.45, 2.75) is 12.3 Å². The van der Waals surface area contributed by atoms with Crippen molar-refractivity contribution in [1.29, 1.82) is 0 Å². The fourth-order valence-electron chi connectivity index (χ4n) is 1.58. The van der Waals surface area contributed by atoms with Gasteiger partial charge in [-0.25, -0.2) is 0 Å². The molecule has 1 aliphatic rings. The van der Waals surface area contributed by atoms with Crippen molar-refractivity contribution < 1.29 is 22.7 Å². The first-order valence-corrected chi connectivity index (χ1v) is 5.26. The summed E-state index contributed by atoms with van der Waals surface area (Å²) in [6.45, 7) is 1.19. The number of hydrogen-bond donors (Lipinski definition) is 2. The van der Waals surface area contributed by atoms with Gasteiger partial charge < -0.3 is 15.8 Å². The molecular formula is C11H11F3N2O2. The minimum absolute atomic E-state index is 0.0822. The van der Waals surface area contributed by atoms with Crippen molar-refractivity contribution in [3.63, 3.8) is 0 Å². The maximum atomic E-state index is 12.7. The van der Waals surface area contributed by atoms with Crippen LogP contribution in [0.25, 0.3) is 0 Å². The van der Waals surface area contributed by atoms with Crippen molar-refractivity contribution in [3.8, 4) is 5.75 Å². The Morgan fingerprint density at radius 1 is 1.39 bits per heavy atom. The van der Waals surface area contributed by atoms with E-state index in [4.69, 9.17) is 10.5 Å². The molecule has 0 bridgehead atoms. The van der Waals surface area contributed by atoms with Gasteiger partial charge in [-0.3, -0.25) is 4.79 Å². The summed E-state index contributed by atoms with van der Waals surface area (Å²) in [5.41, 5.74) is 3.29. The summed E-state index contributed by atoms with van der Waals surface area (Å²) < 4.78 is 43.5. The van der Waals surface area contributed by atoms with Crippen LogP contribution in [-0.4, -0.2) is 25.1 Å². The van der Waals surface area contributed by atoms with Gasteiger partial charge in [0.15, 0.2) is 0 Å². The quantitative estimate of drug-likeness (QED) is 0.857. The molecule has 3 N–H and O–H groups in total. The van der Waals surface area contributed by atoms with Gasteiger partial charge in [0.1, 0.15) is 11.9 Å². The number of nitrogens with one attached hydrogen (secondary N) is 1. The molecule has 18 heavy (non-hydrogen) atoms. The van der Waals surface area contributed by atoms with E-state index in [1.54, 1.807) is 0 Å². The zero-order valence-corrected chi connectivity index (χ0v) is 9.25. The molecule has 0 saturated carbocycles. The van der Waals surface area contributed by atoms with E-state index in [1.807, 2.05) is 0 Å². The molecule has 1 aromatic rings. The number of nitrogens with two attached hydrogens (primary N) is 1. The van der Waals surface area contributed by atoms with Crippen LogP contribution in [-0.2, 0) is 6.18 Å². The van der Waals surface area contributed by atoms with Crippen molar-refractivity contribution in [3.05, 3.63) is 29.3 Å². The monoisotopic (exact) mass is 260 g/mol. The zero-order valence-electron chi connectivity index (χ0n) is 9.25. The maximum absolute atomic E-state index is 12.7. The lowest BCUT2D eigenvalue weighted by Gasteiger charge is -2.28. The number of primary amides is 1. The fourth-order valence-corrected chi connectivity index (χ4v) is 1.58. The smallest absolute Gasteiger partial charge is 0.417 e. The number of ether oxygens (including phenoxy) is 1. The molecule has 98 valence electrons. The topological polar surface area (TPSA) is 64.4 Å². The molecule has 1 aliphatic heterocycles. The number of carbonyl (C=O) groups excluding carboxylic acids is 1. The first-order valence-electron chi connectivity index (χ1n) is 5.26. The first-order chi connectivity index (χ1) is 8.38. The van der Waals surface area contributed by atoms with E-state index in [2.05, 4.69) is 5.32 Å². The van der Waals surface area contributed by atoms with Crippen LogP contribution >= 0.6 is 0 Å². The van der Waals surface area contributed by atoms with Gasteiger partial charge in [0.05, 0.1) is 11.1 Å². The summed E-state index contributed by atoms with van der Waals surface area (Å²) in [5.74, 6) is -1.03. The molecule has 4 nitrogen and oxygen atoms in total. The Hall–Kier alpha value is -1.76. The molecule has 1 heterocycles. The average Bonchev–Trinajstić information content (AvgIpc) is 2.22. The number of benzene rings is 1. The van der Waals surface area contributed by atoms with Gasteiger partial charge in [-0.1, -0.05) is 0 Å². The highest BCUT2D eigenvalue weighted by atomic mass is 19.4. The molecular weight excluding hydrogens is 249 g/mol. The van der Waals surface area contributed by atoms with E-state index in [1.165, 1.54) is 6.07 Å². The molecule has 0 unspecified atom stereocenters. The molecule has 0 radical (unpaired) electrons. The Balaban J connectivity index is 2.32. The predicted octanol–water partition coefficient (Wildman–Crippen LogP) is 1.15. The number of amides is 1. The Bertz CT molecular complexity index is 470. The van der Waals surface area contributed by atoms with Gasteiger partial charge in [-0.2, -0.15) is 13.2 Å². The van der Waals surface area contributed by atoms with Crippen molar-refractivity contribution in [1.82, 2.24) is 5.32 Å². The third-order valence-corrected chi connectivity index (χ3v) is 2.61. The van der Waals surface area contributed by atoms with Crippen molar-refractivity contribution in [2.24, 2.45) is 5.73 Å². The van der Waals surface area contributed by atoms with Gasteiger partial charge in [-0.05, 0) is 18.2 Å². The first kappa shape index (κ1) is 12.7. The van der Waals surface area contributed by atoms with Gasteiger partial charge in [0, 0.05) is 13.1 Å². The van der Waals surface area contributed by atoms with Crippen LogP contribution in [0.5, 0.6) is 5.75 Å². The summed E-state index contributed by atoms with van der Waals surface area (Å²) in [7, 11) is 0. The Kier molecular flexibility index (Phi) is 3.16. The maximum Gasteiger partial charge on any atom is 0.417 e. The summed E-state index contributed by atoms with van der Waals surface area (Å²) in [6.07, 6.45) is -4.77. The third kappa shape index (κ3) is 2.56. The number of alkyl halides is 3. The largest absolute Gasteiger partial charge is 0.488 e. The Labute approximate surface area is 101 Å². The van der Waals surface area contributed by atoms with Gasteiger partial charge in [0.25, 0.3) is 0 Å². The number of rotatable bonds is 3. The molecule has 1 fully saturated rings. The van der Waals surface area contributed by atoms with Crippen molar-refractivity contribution >= 4 is 5.91 Å². The lowest BCUT2D eigenvalue weighted by molar-refractivity contribution is -0.138. The highest BCUT2D eigenvalue weighted by molar-refractivity contribution is 5.94. The van der Waals surface area contributed by atoms with E-state index in [-0.39, 0.29) is 11.9 Å². The Morgan fingerprint density at radius 2 is 2.06 bits per heavy atom.